The van der Waals surface area contributed by atoms with Crippen LogP contribution in [-0.4, -0.2) is 42.2 Å². The van der Waals surface area contributed by atoms with Crippen molar-refractivity contribution in [2.45, 2.75) is 112 Å². The molecule has 1 amide bonds. The van der Waals surface area contributed by atoms with Crippen LogP contribution in [0.3, 0.4) is 0 Å². The number of amides is 1. The lowest BCUT2D eigenvalue weighted by Crippen LogP contribution is -2.40. The highest BCUT2D eigenvalue weighted by molar-refractivity contribution is 5.80. The van der Waals surface area contributed by atoms with E-state index in [2.05, 4.69) is 49.7 Å². The van der Waals surface area contributed by atoms with Crippen molar-refractivity contribution in [3.63, 3.8) is 0 Å². The number of rotatable bonds is 7. The molecule has 0 aromatic heterocycles. The summed E-state index contributed by atoms with van der Waals surface area (Å²) in [7, 11) is 0. The van der Waals surface area contributed by atoms with E-state index in [4.69, 9.17) is 4.74 Å². The molecule has 40 heavy (non-hydrogen) atoms. The van der Waals surface area contributed by atoms with Gasteiger partial charge in [-0.25, -0.2) is 0 Å². The number of hydrogen-bond acceptors (Lipinski definition) is 3. The molecule has 1 N–H and O–H groups in total. The van der Waals surface area contributed by atoms with Crippen molar-refractivity contribution < 1.29 is 22.7 Å². The monoisotopic (exact) mass is 562 g/mol. The van der Waals surface area contributed by atoms with Crippen molar-refractivity contribution in [2.75, 3.05) is 13.1 Å². The molecule has 0 unspecified atom stereocenters. The van der Waals surface area contributed by atoms with Crippen molar-refractivity contribution in [3.05, 3.63) is 53.1 Å². The van der Waals surface area contributed by atoms with Crippen molar-refractivity contribution in [3.8, 4) is 17.6 Å². The number of halogens is 3. The quantitative estimate of drug-likeness (QED) is 0.269. The number of benzene rings is 1. The first-order chi connectivity index (χ1) is 18.9. The minimum absolute atomic E-state index is 0.00450. The third-order valence-electron chi connectivity index (χ3n) is 6.50. The highest BCUT2D eigenvalue weighted by Crippen LogP contribution is 2.30. The minimum Gasteiger partial charge on any atom is -0.491 e. The maximum atomic E-state index is 13.1. The summed E-state index contributed by atoms with van der Waals surface area (Å²) < 4.78 is 43.4. The van der Waals surface area contributed by atoms with Crippen LogP contribution in [0.5, 0.6) is 5.75 Å². The molecule has 0 radical (unpaired) electrons. The number of hydrogen-bond donors (Lipinski definition) is 1. The van der Waals surface area contributed by atoms with Crippen LogP contribution in [0.1, 0.15) is 92.6 Å². The van der Waals surface area contributed by atoms with Crippen LogP contribution in [0.25, 0.3) is 0 Å². The van der Waals surface area contributed by atoms with Crippen molar-refractivity contribution in [2.24, 2.45) is 5.92 Å². The second-order valence-corrected chi connectivity index (χ2v) is 10.5. The fourth-order valence-corrected chi connectivity index (χ4v) is 4.51. The average molecular weight is 563 g/mol. The molecule has 1 heterocycles. The van der Waals surface area contributed by atoms with Gasteiger partial charge in [-0.2, -0.15) is 13.2 Å². The lowest BCUT2D eigenvalue weighted by Gasteiger charge is -2.30. The lowest BCUT2D eigenvalue weighted by atomic mass is 9.98. The van der Waals surface area contributed by atoms with E-state index in [1.165, 1.54) is 12.0 Å². The number of alkyl halides is 3. The summed E-state index contributed by atoms with van der Waals surface area (Å²) in [5.41, 5.74) is 2.13. The fourth-order valence-electron chi connectivity index (χ4n) is 4.51. The third kappa shape index (κ3) is 12.2. The first-order valence-electron chi connectivity index (χ1n) is 14.6. The van der Waals surface area contributed by atoms with Crippen molar-refractivity contribution in [1.29, 1.82) is 0 Å². The summed E-state index contributed by atoms with van der Waals surface area (Å²) >= 11 is 0. The zero-order valence-corrected chi connectivity index (χ0v) is 25.5. The summed E-state index contributed by atoms with van der Waals surface area (Å²) in [5.74, 6) is 6.49. The summed E-state index contributed by atoms with van der Waals surface area (Å²) in [6, 6.07) is 8.39. The number of nitrogens with zero attached hydrogens (tertiary/aromatic N) is 1. The number of carbonyl (C=O) groups is 1. The largest absolute Gasteiger partial charge is 0.491 e. The number of carbonyl (C=O) groups excluding carboxylic acids is 1. The maximum absolute atomic E-state index is 13.1. The molecule has 3 rings (SSSR count). The topological polar surface area (TPSA) is 41.6 Å². The Kier molecular flexibility index (Phi) is 15.8. The van der Waals surface area contributed by atoms with Gasteiger partial charge in [0.1, 0.15) is 5.75 Å². The van der Waals surface area contributed by atoms with Gasteiger partial charge >= 0.3 is 6.18 Å². The van der Waals surface area contributed by atoms with Gasteiger partial charge in [0.15, 0.2) is 0 Å². The SMILES string of the molecule is C=C(CC#CC1=C(C)CN(C(=O)[C@H]2CC[C@@H](NCc3ccc(OC(C)C)cc3)C2)CC1)C(F)(F)F.CC.CCC. The second kappa shape index (κ2) is 17.9. The van der Waals surface area contributed by atoms with E-state index in [0.29, 0.717) is 25.6 Å². The maximum Gasteiger partial charge on any atom is 0.413 e. The van der Waals surface area contributed by atoms with E-state index in [9.17, 15) is 18.0 Å². The molecule has 2 atom stereocenters. The predicted molar refractivity (Wildman–Crippen MR) is 159 cm³/mol. The predicted octanol–water partition coefficient (Wildman–Crippen LogP) is 8.24. The fraction of sp³-hybridized carbons (Fsp3) is 0.606. The molecule has 1 aromatic rings. The van der Waals surface area contributed by atoms with Crippen LogP contribution < -0.4 is 10.1 Å². The highest BCUT2D eigenvalue weighted by atomic mass is 19.4. The number of nitrogens with one attached hydrogen (secondary N) is 1. The van der Waals surface area contributed by atoms with Gasteiger partial charge in [-0.1, -0.05) is 64.7 Å². The summed E-state index contributed by atoms with van der Waals surface area (Å²) in [5, 5.41) is 3.58. The lowest BCUT2D eigenvalue weighted by molar-refractivity contribution is -0.135. The van der Waals surface area contributed by atoms with Crippen LogP contribution in [0.15, 0.2) is 47.6 Å². The van der Waals surface area contributed by atoms with Gasteiger partial charge in [0, 0.05) is 49.2 Å². The number of ether oxygens (including phenoxy) is 1. The van der Waals surface area contributed by atoms with Crippen molar-refractivity contribution >= 4 is 5.91 Å². The Morgan fingerprint density at radius 1 is 1.18 bits per heavy atom. The molecule has 224 valence electrons. The van der Waals surface area contributed by atoms with E-state index in [1.54, 1.807) is 0 Å². The van der Waals surface area contributed by atoms with Gasteiger partial charge in [0.2, 0.25) is 5.91 Å². The Bertz CT molecular complexity index is 1020. The molecule has 0 spiro atoms. The smallest absolute Gasteiger partial charge is 0.413 e. The first-order valence-corrected chi connectivity index (χ1v) is 14.6. The van der Waals surface area contributed by atoms with Crippen LogP contribution in [-0.2, 0) is 11.3 Å². The Morgan fingerprint density at radius 3 is 2.35 bits per heavy atom. The molecule has 0 bridgehead atoms. The van der Waals surface area contributed by atoms with Gasteiger partial charge in [-0.05, 0) is 69.7 Å². The molecule has 2 aliphatic rings. The molecule has 1 aliphatic heterocycles. The van der Waals surface area contributed by atoms with Gasteiger partial charge in [0.05, 0.1) is 6.10 Å². The Balaban J connectivity index is 0.00000150. The molecule has 1 aliphatic carbocycles. The summed E-state index contributed by atoms with van der Waals surface area (Å²) in [6.45, 7) is 19.0. The molecule has 1 fully saturated rings. The zero-order chi connectivity index (χ0) is 30.3. The Labute approximate surface area is 240 Å². The van der Waals surface area contributed by atoms with Gasteiger partial charge in [-0.3, -0.25) is 4.79 Å². The van der Waals surface area contributed by atoms with Crippen LogP contribution >= 0.6 is 0 Å². The molecular formula is C33H49F3N2O2. The van der Waals surface area contributed by atoms with E-state index in [1.807, 2.05) is 51.7 Å². The summed E-state index contributed by atoms with van der Waals surface area (Å²) in [4.78, 5) is 15.0. The first kappa shape index (κ1) is 35.3. The van der Waals surface area contributed by atoms with E-state index >= 15 is 0 Å². The van der Waals surface area contributed by atoms with Gasteiger partial charge < -0.3 is 15.0 Å². The van der Waals surface area contributed by atoms with Crippen LogP contribution in [0.2, 0.25) is 0 Å². The Morgan fingerprint density at radius 2 is 1.80 bits per heavy atom. The van der Waals surface area contributed by atoms with E-state index < -0.39 is 18.2 Å². The van der Waals surface area contributed by atoms with E-state index in [0.717, 1.165) is 42.7 Å². The van der Waals surface area contributed by atoms with Crippen LogP contribution in [0.4, 0.5) is 13.2 Å². The van der Waals surface area contributed by atoms with Crippen molar-refractivity contribution in [1.82, 2.24) is 10.2 Å². The summed E-state index contributed by atoms with van der Waals surface area (Å²) in [6.07, 6.45) is -0.178. The minimum atomic E-state index is -4.41. The zero-order valence-electron chi connectivity index (χ0n) is 25.5. The molecule has 4 nitrogen and oxygen atoms in total. The molecule has 7 heteroatoms. The molecule has 0 saturated heterocycles. The number of allylic oxidation sites excluding steroid dienone is 1. The molecular weight excluding hydrogens is 513 g/mol. The average Bonchev–Trinajstić information content (AvgIpc) is 3.38. The normalized spacial score (nSPS) is 18.6. The standard InChI is InChI=1S/C28H35F3N2O2.C3H8.C2H6/c1-19(2)35-26-12-8-22(9-13-26)17-32-25-11-10-24(16-25)27(34)33-15-14-23(20(3)18-33)7-5-6-21(4)28(29,30)31;1-3-2;1-2/h8-9,12-13,19,24-25,32H,4,6,10-11,14-18H2,1-3H3;3H2,1-2H3;1-2H3/t24-,25+;;/m0../s1. The molecule has 1 saturated carbocycles. The van der Waals surface area contributed by atoms with Crippen LogP contribution in [0, 0.1) is 17.8 Å². The van der Waals surface area contributed by atoms with E-state index in [-0.39, 0.29) is 17.9 Å². The highest BCUT2D eigenvalue weighted by Gasteiger charge is 2.34. The molecule has 1 aromatic carbocycles. The van der Waals surface area contributed by atoms with Gasteiger partial charge in [-0.15, -0.1) is 0 Å². The third-order valence-corrected chi connectivity index (χ3v) is 6.50. The Hall–Kier alpha value is -2.72. The van der Waals surface area contributed by atoms with Gasteiger partial charge in [0.25, 0.3) is 0 Å². The second-order valence-electron chi connectivity index (χ2n) is 10.5.